The number of hydrogen-bond acceptors (Lipinski definition) is 7. The van der Waals surface area contributed by atoms with Crippen LogP contribution in [0.3, 0.4) is 0 Å². The first-order chi connectivity index (χ1) is 21.7. The summed E-state index contributed by atoms with van der Waals surface area (Å²) in [6.07, 6.45) is 4.52. The molecule has 3 aliphatic rings. The number of halogens is 4. The highest BCUT2D eigenvalue weighted by molar-refractivity contribution is 5.99. The van der Waals surface area contributed by atoms with Gasteiger partial charge in [-0.1, -0.05) is 24.8 Å². The Morgan fingerprint density at radius 2 is 1.98 bits per heavy atom. The van der Waals surface area contributed by atoms with E-state index in [2.05, 4.69) is 21.4 Å². The van der Waals surface area contributed by atoms with Gasteiger partial charge in [-0.15, -0.1) is 0 Å². The lowest BCUT2D eigenvalue weighted by Gasteiger charge is -2.31. The normalized spacial score (nSPS) is 23.2. The van der Waals surface area contributed by atoms with E-state index < -0.39 is 29.2 Å². The van der Waals surface area contributed by atoms with E-state index in [4.69, 9.17) is 9.72 Å². The molecular formula is C33H32F4N6O2. The number of anilines is 1. The number of nitrogens with zero attached hydrogens (tertiary/aromatic N) is 6. The molecule has 3 fully saturated rings. The molecule has 1 amide bonds. The minimum absolute atomic E-state index is 0.0565. The fourth-order valence-electron chi connectivity index (χ4n) is 7.23. The summed E-state index contributed by atoms with van der Waals surface area (Å²) < 4.78 is 65.4. The van der Waals surface area contributed by atoms with E-state index in [9.17, 15) is 18.0 Å². The standard InChI is InChI=1S/C33H32F4N6O2/c1-3-27(44)42-11-8-21(17-42)41(2)31-24-15-38-29(22-7-4-6-19-12-25(35)26(36)13-23(19)22)28(37)30(24)39-32(40-31)45-18-33-9-5-10-43(33)16-20(34)14-33/h3-4,6-7,12-13,15,20-21H,1,5,8-11,14,16-18H2,2H3/t20-,21-,33+/m1/s1. The number of likely N-dealkylation sites (tertiary alicyclic amines) is 1. The van der Waals surface area contributed by atoms with E-state index in [0.29, 0.717) is 54.5 Å². The van der Waals surface area contributed by atoms with Crippen LogP contribution in [0.25, 0.3) is 32.9 Å². The first-order valence-corrected chi connectivity index (χ1v) is 15.1. The van der Waals surface area contributed by atoms with Crippen molar-refractivity contribution < 1.29 is 27.1 Å². The van der Waals surface area contributed by atoms with Gasteiger partial charge in [-0.2, -0.15) is 9.97 Å². The highest BCUT2D eigenvalue weighted by atomic mass is 19.2. The molecule has 0 N–H and O–H groups in total. The Balaban J connectivity index is 1.32. The van der Waals surface area contributed by atoms with Crippen LogP contribution in [0.2, 0.25) is 0 Å². The number of likely N-dealkylation sites (N-methyl/N-ethyl adjacent to an activating group) is 1. The van der Waals surface area contributed by atoms with Crippen molar-refractivity contribution in [2.45, 2.75) is 43.4 Å². The predicted molar refractivity (Wildman–Crippen MR) is 162 cm³/mol. The number of hydrogen-bond donors (Lipinski definition) is 0. The number of alkyl halides is 1. The molecule has 0 unspecified atom stereocenters. The highest BCUT2D eigenvalue weighted by Crippen LogP contribution is 2.41. The van der Waals surface area contributed by atoms with Crippen LogP contribution in [0.1, 0.15) is 25.7 Å². The summed E-state index contributed by atoms with van der Waals surface area (Å²) in [7, 11) is 1.81. The van der Waals surface area contributed by atoms with Gasteiger partial charge in [0.15, 0.2) is 17.5 Å². The number of fused-ring (bicyclic) bond motifs is 3. The molecule has 2 aromatic heterocycles. The van der Waals surface area contributed by atoms with Crippen LogP contribution in [0.5, 0.6) is 6.01 Å². The maximum Gasteiger partial charge on any atom is 0.319 e. The van der Waals surface area contributed by atoms with Crippen LogP contribution in [0.4, 0.5) is 23.4 Å². The third-order valence-corrected chi connectivity index (χ3v) is 9.58. The minimum Gasteiger partial charge on any atom is -0.461 e. The number of ether oxygens (including phenoxy) is 1. The number of carbonyl (C=O) groups is 1. The van der Waals surface area contributed by atoms with Crippen molar-refractivity contribution in [2.24, 2.45) is 0 Å². The zero-order chi connectivity index (χ0) is 31.5. The summed E-state index contributed by atoms with van der Waals surface area (Å²) in [4.78, 5) is 31.6. The Morgan fingerprint density at radius 1 is 1.16 bits per heavy atom. The molecule has 5 heterocycles. The summed E-state index contributed by atoms with van der Waals surface area (Å²) in [5.74, 6) is -2.63. The van der Waals surface area contributed by atoms with Gasteiger partial charge < -0.3 is 14.5 Å². The number of amides is 1. The lowest BCUT2D eigenvalue weighted by molar-refractivity contribution is -0.125. The zero-order valence-electron chi connectivity index (χ0n) is 24.8. The van der Waals surface area contributed by atoms with E-state index in [1.54, 1.807) is 23.1 Å². The molecule has 0 aliphatic carbocycles. The topological polar surface area (TPSA) is 74.7 Å². The average molecular weight is 621 g/mol. The molecule has 3 aliphatic heterocycles. The van der Waals surface area contributed by atoms with Crippen LogP contribution in [-0.2, 0) is 4.79 Å². The van der Waals surface area contributed by atoms with Crippen molar-refractivity contribution in [3.05, 3.63) is 66.6 Å². The molecular weight excluding hydrogens is 588 g/mol. The molecule has 0 bridgehead atoms. The van der Waals surface area contributed by atoms with E-state index in [1.165, 1.54) is 12.3 Å². The molecule has 4 aromatic rings. The Morgan fingerprint density at radius 3 is 2.80 bits per heavy atom. The van der Waals surface area contributed by atoms with Gasteiger partial charge in [-0.25, -0.2) is 17.6 Å². The van der Waals surface area contributed by atoms with Crippen LogP contribution >= 0.6 is 0 Å². The summed E-state index contributed by atoms with van der Waals surface area (Å²) in [6, 6.07) is 6.72. The molecule has 3 saturated heterocycles. The van der Waals surface area contributed by atoms with Crippen molar-refractivity contribution in [2.75, 3.05) is 44.7 Å². The van der Waals surface area contributed by atoms with Gasteiger partial charge >= 0.3 is 6.01 Å². The maximum absolute atomic E-state index is 16.6. The first-order valence-electron chi connectivity index (χ1n) is 15.1. The Labute approximate surface area is 257 Å². The highest BCUT2D eigenvalue weighted by Gasteiger charge is 2.49. The summed E-state index contributed by atoms with van der Waals surface area (Å²) in [6.45, 7) is 5.83. The Hall–Kier alpha value is -4.32. The molecule has 12 heteroatoms. The average Bonchev–Trinajstić information content (AvgIpc) is 3.75. The third-order valence-electron chi connectivity index (χ3n) is 9.58. The van der Waals surface area contributed by atoms with Crippen LogP contribution in [0, 0.1) is 17.5 Å². The number of carbonyl (C=O) groups excluding carboxylic acids is 1. The summed E-state index contributed by atoms with van der Waals surface area (Å²) in [5.41, 5.74) is -0.335. The van der Waals surface area contributed by atoms with Crippen LogP contribution < -0.4 is 9.64 Å². The van der Waals surface area contributed by atoms with Crippen molar-refractivity contribution in [1.29, 1.82) is 0 Å². The minimum atomic E-state index is -1.05. The molecule has 0 radical (unpaired) electrons. The van der Waals surface area contributed by atoms with Crippen molar-refractivity contribution in [1.82, 2.24) is 24.8 Å². The molecule has 8 nitrogen and oxygen atoms in total. The van der Waals surface area contributed by atoms with Crippen molar-refractivity contribution in [3.63, 3.8) is 0 Å². The summed E-state index contributed by atoms with van der Waals surface area (Å²) >= 11 is 0. The lowest BCUT2D eigenvalue weighted by atomic mass is 9.95. The molecule has 0 spiro atoms. The molecule has 3 atom stereocenters. The van der Waals surface area contributed by atoms with Gasteiger partial charge in [0.05, 0.1) is 10.9 Å². The van der Waals surface area contributed by atoms with Crippen LogP contribution in [0.15, 0.2) is 49.2 Å². The second-order valence-electron chi connectivity index (χ2n) is 12.2. The number of rotatable bonds is 7. The molecule has 2 aromatic carbocycles. The van der Waals surface area contributed by atoms with Gasteiger partial charge in [0, 0.05) is 50.9 Å². The number of pyridine rings is 1. The fourth-order valence-corrected chi connectivity index (χ4v) is 7.23. The van der Waals surface area contributed by atoms with Crippen molar-refractivity contribution in [3.8, 4) is 17.3 Å². The summed E-state index contributed by atoms with van der Waals surface area (Å²) in [5, 5.41) is 1.01. The maximum atomic E-state index is 16.6. The van der Waals surface area contributed by atoms with E-state index in [1.807, 2.05) is 11.9 Å². The van der Waals surface area contributed by atoms with Gasteiger partial charge in [0.1, 0.15) is 29.8 Å². The number of benzene rings is 2. The Bertz CT molecular complexity index is 1840. The lowest BCUT2D eigenvalue weighted by Crippen LogP contribution is -2.43. The molecule has 7 rings (SSSR count). The molecule has 45 heavy (non-hydrogen) atoms. The van der Waals surface area contributed by atoms with E-state index in [-0.39, 0.29) is 41.3 Å². The SMILES string of the molecule is C=CC(=O)N1CC[C@@H](N(C)c2nc(OC[C@@]34CCCN3C[C@H](F)C4)nc3c(F)c(-c4cccc5cc(F)c(F)cc45)ncc23)C1. The van der Waals surface area contributed by atoms with E-state index >= 15 is 4.39 Å². The van der Waals surface area contributed by atoms with Gasteiger partial charge in [0.25, 0.3) is 0 Å². The van der Waals surface area contributed by atoms with Gasteiger partial charge in [-0.3, -0.25) is 14.7 Å². The Kier molecular flexibility index (Phi) is 7.34. The third kappa shape index (κ3) is 5.04. The second-order valence-corrected chi connectivity index (χ2v) is 12.2. The predicted octanol–water partition coefficient (Wildman–Crippen LogP) is 5.44. The fraction of sp³-hybridized carbons (Fsp3) is 0.394. The largest absolute Gasteiger partial charge is 0.461 e. The second kappa shape index (κ2) is 11.2. The zero-order valence-corrected chi connectivity index (χ0v) is 24.8. The van der Waals surface area contributed by atoms with Crippen LogP contribution in [-0.4, -0.2) is 88.2 Å². The smallest absolute Gasteiger partial charge is 0.319 e. The van der Waals surface area contributed by atoms with Crippen molar-refractivity contribution >= 4 is 33.4 Å². The number of aromatic nitrogens is 3. The van der Waals surface area contributed by atoms with E-state index in [0.717, 1.165) is 31.5 Å². The monoisotopic (exact) mass is 620 g/mol. The quantitative estimate of drug-likeness (QED) is 0.201. The first kappa shape index (κ1) is 29.4. The molecule has 0 saturated carbocycles. The van der Waals surface area contributed by atoms with Gasteiger partial charge in [-0.05, 0) is 54.8 Å². The molecule has 234 valence electrons. The van der Waals surface area contributed by atoms with Gasteiger partial charge in [0.2, 0.25) is 5.91 Å².